The van der Waals surface area contributed by atoms with E-state index in [4.69, 9.17) is 0 Å². The summed E-state index contributed by atoms with van der Waals surface area (Å²) >= 11 is 0. The number of hydrogen-bond donors (Lipinski definition) is 2. The van der Waals surface area contributed by atoms with Gasteiger partial charge >= 0.3 is 0 Å². The lowest BCUT2D eigenvalue weighted by Gasteiger charge is -2.25. The zero-order valence-corrected chi connectivity index (χ0v) is 15.2. The number of carbonyl (C=O) groups is 1. The van der Waals surface area contributed by atoms with Gasteiger partial charge in [0, 0.05) is 24.8 Å². The third-order valence-electron chi connectivity index (χ3n) is 4.26. The summed E-state index contributed by atoms with van der Waals surface area (Å²) in [5.74, 6) is -0.195. The molecule has 2 aromatic rings. The van der Waals surface area contributed by atoms with E-state index >= 15 is 0 Å². The van der Waals surface area contributed by atoms with Crippen LogP contribution in [0.5, 0.6) is 5.75 Å². The number of aromatic nitrogens is 1. The Morgan fingerprint density at radius 3 is 2.46 bits per heavy atom. The molecule has 1 amide bonds. The number of aromatic hydroxyl groups is 1. The molecule has 0 radical (unpaired) electrons. The van der Waals surface area contributed by atoms with E-state index < -0.39 is 10.0 Å². The van der Waals surface area contributed by atoms with Crippen molar-refractivity contribution >= 4 is 21.6 Å². The summed E-state index contributed by atoms with van der Waals surface area (Å²) < 4.78 is 28.3. The van der Waals surface area contributed by atoms with Crippen LogP contribution in [0.25, 0.3) is 0 Å². The van der Waals surface area contributed by atoms with Gasteiger partial charge in [-0.15, -0.1) is 0 Å². The van der Waals surface area contributed by atoms with Crippen LogP contribution in [0.1, 0.15) is 19.3 Å². The second kappa shape index (κ2) is 7.84. The average molecular weight is 376 g/mol. The van der Waals surface area contributed by atoms with Crippen LogP contribution in [0.2, 0.25) is 0 Å². The smallest absolute Gasteiger partial charge is 0.290 e. The molecule has 1 aromatic heterocycles. The highest BCUT2D eigenvalue weighted by molar-refractivity contribution is 7.89. The molecule has 1 fully saturated rings. The topological polar surface area (TPSA) is 90.6 Å². The normalized spacial score (nSPS) is 15.5. The number of carbonyl (C=O) groups excluding carboxylic acids is 1. The number of benzene rings is 1. The molecule has 0 bridgehead atoms. The quantitative estimate of drug-likeness (QED) is 0.774. The standard InChI is InChI=1S/C18H21N3O4S/c22-16-5-4-10-20(13-16)14-18(23)19-15-6-8-17(9-7-15)26(24,25)21-11-2-1-3-12-21/h4-10,13H,1-3,11-12,14H2,(H-,19,22,23)/p+1. The number of anilines is 1. The van der Waals surface area contributed by atoms with E-state index in [1.54, 1.807) is 29.0 Å². The molecule has 1 aliphatic heterocycles. The fourth-order valence-corrected chi connectivity index (χ4v) is 4.45. The molecule has 0 saturated carbocycles. The first-order valence-corrected chi connectivity index (χ1v) is 9.97. The molecule has 2 N–H and O–H groups in total. The van der Waals surface area contributed by atoms with E-state index in [0.717, 1.165) is 19.3 Å². The summed E-state index contributed by atoms with van der Waals surface area (Å²) in [4.78, 5) is 12.3. The molecule has 26 heavy (non-hydrogen) atoms. The van der Waals surface area contributed by atoms with Crippen molar-refractivity contribution in [2.24, 2.45) is 0 Å². The first-order valence-electron chi connectivity index (χ1n) is 8.53. The van der Waals surface area contributed by atoms with Crippen LogP contribution >= 0.6 is 0 Å². The maximum absolute atomic E-state index is 12.6. The Balaban J connectivity index is 1.64. The Morgan fingerprint density at radius 2 is 1.81 bits per heavy atom. The predicted molar refractivity (Wildman–Crippen MR) is 96.0 cm³/mol. The van der Waals surface area contributed by atoms with Crippen molar-refractivity contribution in [3.63, 3.8) is 0 Å². The van der Waals surface area contributed by atoms with E-state index in [-0.39, 0.29) is 23.1 Å². The van der Waals surface area contributed by atoms with Crippen molar-refractivity contribution in [3.8, 4) is 5.75 Å². The van der Waals surface area contributed by atoms with Crippen LogP contribution in [-0.4, -0.2) is 36.8 Å². The number of amides is 1. The molecule has 1 saturated heterocycles. The molecule has 3 rings (SSSR count). The lowest BCUT2D eigenvalue weighted by Crippen LogP contribution is -2.39. The highest BCUT2D eigenvalue weighted by Gasteiger charge is 2.25. The number of nitrogens with zero attached hydrogens (tertiary/aromatic N) is 2. The molecule has 8 heteroatoms. The number of piperidine rings is 1. The van der Waals surface area contributed by atoms with Crippen LogP contribution < -0.4 is 9.88 Å². The van der Waals surface area contributed by atoms with Crippen LogP contribution in [-0.2, 0) is 21.4 Å². The lowest BCUT2D eigenvalue weighted by atomic mass is 10.2. The second-order valence-electron chi connectivity index (χ2n) is 6.27. The molecule has 7 nitrogen and oxygen atoms in total. The van der Waals surface area contributed by atoms with E-state index in [1.165, 1.54) is 28.7 Å². The summed E-state index contributed by atoms with van der Waals surface area (Å²) in [6, 6.07) is 9.37. The van der Waals surface area contributed by atoms with Gasteiger partial charge < -0.3 is 10.4 Å². The minimum Gasteiger partial charge on any atom is -0.503 e. The fraction of sp³-hybridized carbons (Fsp3) is 0.333. The van der Waals surface area contributed by atoms with Gasteiger partial charge in [0.1, 0.15) is 0 Å². The Bertz CT molecular complexity index is 876. The van der Waals surface area contributed by atoms with E-state index in [0.29, 0.717) is 18.8 Å². The molecule has 1 aromatic carbocycles. The average Bonchev–Trinajstić information content (AvgIpc) is 2.63. The lowest BCUT2D eigenvalue weighted by molar-refractivity contribution is -0.684. The SMILES string of the molecule is O=C(C[n+]1cccc(O)c1)Nc1ccc(S(=O)(=O)N2CCCCC2)cc1. The maximum Gasteiger partial charge on any atom is 0.290 e. The van der Waals surface area contributed by atoms with Crippen molar-refractivity contribution in [2.75, 3.05) is 18.4 Å². The minimum atomic E-state index is -3.47. The van der Waals surface area contributed by atoms with Crippen LogP contribution in [0.15, 0.2) is 53.7 Å². The Labute approximate surface area is 152 Å². The van der Waals surface area contributed by atoms with Crippen molar-refractivity contribution in [2.45, 2.75) is 30.7 Å². The number of sulfonamides is 1. The van der Waals surface area contributed by atoms with Gasteiger partial charge in [-0.05, 0) is 43.2 Å². The summed E-state index contributed by atoms with van der Waals surface area (Å²) in [6.45, 7) is 1.16. The van der Waals surface area contributed by atoms with Crippen molar-refractivity contribution in [1.29, 1.82) is 0 Å². The molecule has 0 aliphatic carbocycles. The Kier molecular flexibility index (Phi) is 5.53. The summed E-state index contributed by atoms with van der Waals surface area (Å²) in [7, 11) is -3.47. The Hall–Kier alpha value is -2.45. The second-order valence-corrected chi connectivity index (χ2v) is 8.21. The third-order valence-corrected chi connectivity index (χ3v) is 6.17. The van der Waals surface area contributed by atoms with Gasteiger partial charge in [-0.1, -0.05) is 6.42 Å². The largest absolute Gasteiger partial charge is 0.503 e. The zero-order chi connectivity index (χ0) is 18.6. The van der Waals surface area contributed by atoms with E-state index in [2.05, 4.69) is 5.32 Å². The first kappa shape index (κ1) is 18.3. The fourth-order valence-electron chi connectivity index (χ4n) is 2.94. The summed E-state index contributed by atoms with van der Waals surface area (Å²) in [6.07, 6.45) is 5.97. The van der Waals surface area contributed by atoms with Gasteiger partial charge in [0.15, 0.2) is 11.9 Å². The van der Waals surface area contributed by atoms with Crippen LogP contribution in [0, 0.1) is 0 Å². The molecule has 0 spiro atoms. The van der Waals surface area contributed by atoms with Gasteiger partial charge in [0.05, 0.1) is 4.90 Å². The van der Waals surface area contributed by atoms with Crippen molar-refractivity contribution in [3.05, 3.63) is 48.8 Å². The first-order chi connectivity index (χ1) is 12.4. The summed E-state index contributed by atoms with van der Waals surface area (Å²) in [5, 5.41) is 12.1. The van der Waals surface area contributed by atoms with Gasteiger partial charge in [-0.2, -0.15) is 8.87 Å². The summed E-state index contributed by atoms with van der Waals surface area (Å²) in [5.41, 5.74) is 0.522. The van der Waals surface area contributed by atoms with Gasteiger partial charge in [0.25, 0.3) is 5.91 Å². The van der Waals surface area contributed by atoms with Crippen molar-refractivity contribution in [1.82, 2.24) is 4.31 Å². The highest BCUT2D eigenvalue weighted by atomic mass is 32.2. The molecular weight excluding hydrogens is 354 g/mol. The minimum absolute atomic E-state index is 0.0439. The number of nitrogens with one attached hydrogen (secondary N) is 1. The highest BCUT2D eigenvalue weighted by Crippen LogP contribution is 2.21. The van der Waals surface area contributed by atoms with Crippen LogP contribution in [0.3, 0.4) is 0 Å². The van der Waals surface area contributed by atoms with E-state index in [1.807, 2.05) is 0 Å². The maximum atomic E-state index is 12.6. The number of rotatable bonds is 5. The monoisotopic (exact) mass is 376 g/mol. The van der Waals surface area contributed by atoms with Gasteiger partial charge in [-0.25, -0.2) is 8.42 Å². The third kappa shape index (κ3) is 4.39. The molecule has 1 aliphatic rings. The molecular formula is C18H22N3O4S+. The molecule has 0 unspecified atom stereocenters. The molecule has 0 atom stereocenters. The van der Waals surface area contributed by atoms with E-state index in [9.17, 15) is 18.3 Å². The van der Waals surface area contributed by atoms with Gasteiger partial charge in [-0.3, -0.25) is 4.79 Å². The zero-order valence-electron chi connectivity index (χ0n) is 14.3. The molecule has 2 heterocycles. The van der Waals surface area contributed by atoms with Gasteiger partial charge in [0.2, 0.25) is 22.8 Å². The Morgan fingerprint density at radius 1 is 1.12 bits per heavy atom. The van der Waals surface area contributed by atoms with Crippen molar-refractivity contribution < 1.29 is 22.9 Å². The number of hydrogen-bond acceptors (Lipinski definition) is 4. The predicted octanol–water partition coefficient (Wildman–Crippen LogP) is 1.49. The number of pyridine rings is 1. The molecule has 138 valence electrons. The van der Waals surface area contributed by atoms with Crippen LogP contribution in [0.4, 0.5) is 5.69 Å².